The second-order valence-electron chi connectivity index (χ2n) is 7.38. The van der Waals surface area contributed by atoms with Gasteiger partial charge in [0.15, 0.2) is 0 Å². The van der Waals surface area contributed by atoms with E-state index in [0.717, 1.165) is 25.1 Å². The lowest BCUT2D eigenvalue weighted by Gasteiger charge is -2.34. The van der Waals surface area contributed by atoms with Gasteiger partial charge in [-0.25, -0.2) is 0 Å². The number of hydrogen-bond acceptors (Lipinski definition) is 4. The Morgan fingerprint density at radius 1 is 1.32 bits per heavy atom. The van der Waals surface area contributed by atoms with Gasteiger partial charge in [0.2, 0.25) is 5.91 Å². The molecule has 0 aliphatic carbocycles. The number of rotatable bonds is 8. The number of nitrogens with zero attached hydrogens (tertiary/aromatic N) is 1. The van der Waals surface area contributed by atoms with Crippen molar-refractivity contribution in [2.45, 2.75) is 38.7 Å². The molecule has 5 heteroatoms. The molecule has 0 saturated carbocycles. The number of hydrogen-bond donors (Lipinski definition) is 2. The van der Waals surface area contributed by atoms with Crippen LogP contribution in [0.1, 0.15) is 38.7 Å². The minimum atomic E-state index is -0.955. The SMILES string of the molecule is CCC(C)C(C(=O)NCC(C)(O)CN1CCOCC1)c1ccccc1. The minimum absolute atomic E-state index is 0.0113. The Bertz CT molecular complexity index is 527. The van der Waals surface area contributed by atoms with Gasteiger partial charge in [0, 0.05) is 26.2 Å². The lowest BCUT2D eigenvalue weighted by atomic mass is 9.84. The molecule has 1 aliphatic heterocycles. The topological polar surface area (TPSA) is 61.8 Å². The first-order valence-corrected chi connectivity index (χ1v) is 9.28. The molecule has 1 aromatic carbocycles. The average Bonchev–Trinajstić information content (AvgIpc) is 2.61. The molecule has 0 spiro atoms. The maximum absolute atomic E-state index is 12.8. The fraction of sp³-hybridized carbons (Fsp3) is 0.650. The standard InChI is InChI=1S/C20H32N2O3/c1-4-16(2)18(17-8-6-5-7-9-17)19(23)21-14-20(3,24)15-22-10-12-25-13-11-22/h5-9,16,18,24H,4,10-15H2,1-3H3,(H,21,23). The number of morpholine rings is 1. The van der Waals surface area contributed by atoms with E-state index in [9.17, 15) is 9.90 Å². The molecule has 1 fully saturated rings. The van der Waals surface area contributed by atoms with Crippen LogP contribution in [0.25, 0.3) is 0 Å². The zero-order chi connectivity index (χ0) is 18.3. The minimum Gasteiger partial charge on any atom is -0.387 e. The number of carbonyl (C=O) groups excluding carboxylic acids is 1. The van der Waals surface area contributed by atoms with E-state index >= 15 is 0 Å². The summed E-state index contributed by atoms with van der Waals surface area (Å²) in [6, 6.07) is 9.89. The number of carbonyl (C=O) groups is 1. The molecular formula is C20H32N2O3. The zero-order valence-corrected chi connectivity index (χ0v) is 15.7. The van der Waals surface area contributed by atoms with Crippen LogP contribution in [0.3, 0.4) is 0 Å². The van der Waals surface area contributed by atoms with Gasteiger partial charge in [-0.15, -0.1) is 0 Å². The Hall–Kier alpha value is -1.43. The number of nitrogens with one attached hydrogen (secondary N) is 1. The highest BCUT2D eigenvalue weighted by Gasteiger charge is 2.30. The predicted octanol–water partition coefficient (Wildman–Crippen LogP) is 2.02. The van der Waals surface area contributed by atoms with Gasteiger partial charge in [0.25, 0.3) is 0 Å². The average molecular weight is 348 g/mol. The van der Waals surface area contributed by atoms with E-state index in [1.54, 1.807) is 6.92 Å². The van der Waals surface area contributed by atoms with Gasteiger partial charge in [0.1, 0.15) is 0 Å². The van der Waals surface area contributed by atoms with Crippen molar-refractivity contribution < 1.29 is 14.6 Å². The Morgan fingerprint density at radius 3 is 2.56 bits per heavy atom. The molecule has 2 N–H and O–H groups in total. The van der Waals surface area contributed by atoms with E-state index in [4.69, 9.17) is 4.74 Å². The lowest BCUT2D eigenvalue weighted by Crippen LogP contribution is -2.52. The summed E-state index contributed by atoms with van der Waals surface area (Å²) >= 11 is 0. The van der Waals surface area contributed by atoms with Crippen LogP contribution < -0.4 is 5.32 Å². The largest absolute Gasteiger partial charge is 0.387 e. The van der Waals surface area contributed by atoms with E-state index in [1.807, 2.05) is 30.3 Å². The van der Waals surface area contributed by atoms with Crippen LogP contribution in [0.5, 0.6) is 0 Å². The molecule has 3 unspecified atom stereocenters. The van der Waals surface area contributed by atoms with Crippen molar-refractivity contribution in [3.63, 3.8) is 0 Å². The van der Waals surface area contributed by atoms with Crippen LogP contribution in [-0.4, -0.2) is 60.9 Å². The Balaban J connectivity index is 1.95. The summed E-state index contributed by atoms with van der Waals surface area (Å²) in [6.45, 7) is 9.82. The summed E-state index contributed by atoms with van der Waals surface area (Å²) in [6.07, 6.45) is 0.928. The van der Waals surface area contributed by atoms with Gasteiger partial charge in [-0.05, 0) is 18.4 Å². The van der Waals surface area contributed by atoms with Gasteiger partial charge < -0.3 is 15.2 Å². The van der Waals surface area contributed by atoms with Gasteiger partial charge in [0.05, 0.1) is 24.7 Å². The summed E-state index contributed by atoms with van der Waals surface area (Å²) in [5.74, 6) is 0.0415. The van der Waals surface area contributed by atoms with Crippen molar-refractivity contribution in [3.8, 4) is 0 Å². The van der Waals surface area contributed by atoms with Crippen molar-refractivity contribution in [2.24, 2.45) is 5.92 Å². The number of β-amino-alcohol motifs (C(OH)–C–C–N with tert-alkyl or cyclic N) is 1. The number of benzene rings is 1. The third-order valence-corrected chi connectivity index (χ3v) is 4.97. The van der Waals surface area contributed by atoms with Crippen molar-refractivity contribution in [3.05, 3.63) is 35.9 Å². The molecular weight excluding hydrogens is 316 g/mol. The van der Waals surface area contributed by atoms with Crippen LogP contribution >= 0.6 is 0 Å². The Labute approximate surface area is 151 Å². The van der Waals surface area contributed by atoms with E-state index in [0.29, 0.717) is 19.8 Å². The molecule has 25 heavy (non-hydrogen) atoms. The quantitative estimate of drug-likeness (QED) is 0.754. The molecule has 0 aromatic heterocycles. The van der Waals surface area contributed by atoms with E-state index in [2.05, 4.69) is 24.1 Å². The molecule has 0 bridgehead atoms. The highest BCUT2D eigenvalue weighted by Crippen LogP contribution is 2.27. The summed E-state index contributed by atoms with van der Waals surface area (Å²) in [4.78, 5) is 15.0. The molecule has 1 aromatic rings. The number of ether oxygens (including phenoxy) is 1. The molecule has 1 amide bonds. The van der Waals surface area contributed by atoms with Crippen molar-refractivity contribution in [1.29, 1.82) is 0 Å². The molecule has 1 heterocycles. The zero-order valence-electron chi connectivity index (χ0n) is 15.7. The fourth-order valence-corrected chi connectivity index (χ4v) is 3.32. The molecule has 5 nitrogen and oxygen atoms in total. The lowest BCUT2D eigenvalue weighted by molar-refractivity contribution is -0.125. The van der Waals surface area contributed by atoms with Crippen LogP contribution in [0.2, 0.25) is 0 Å². The van der Waals surface area contributed by atoms with Crippen molar-refractivity contribution in [1.82, 2.24) is 10.2 Å². The van der Waals surface area contributed by atoms with Crippen LogP contribution in [0, 0.1) is 5.92 Å². The third kappa shape index (κ3) is 6.10. The van der Waals surface area contributed by atoms with Gasteiger partial charge >= 0.3 is 0 Å². The predicted molar refractivity (Wildman–Crippen MR) is 99.5 cm³/mol. The summed E-state index contributed by atoms with van der Waals surface area (Å²) in [7, 11) is 0. The molecule has 140 valence electrons. The Kier molecular flexibility index (Phi) is 7.41. The maximum Gasteiger partial charge on any atom is 0.227 e. The number of amides is 1. The molecule has 1 saturated heterocycles. The molecule has 0 radical (unpaired) electrons. The second kappa shape index (κ2) is 9.32. The first-order valence-electron chi connectivity index (χ1n) is 9.28. The maximum atomic E-state index is 12.8. The summed E-state index contributed by atoms with van der Waals surface area (Å²) in [5.41, 5.74) is 0.0751. The summed E-state index contributed by atoms with van der Waals surface area (Å²) < 4.78 is 5.34. The van der Waals surface area contributed by atoms with Crippen LogP contribution in [-0.2, 0) is 9.53 Å². The number of aliphatic hydroxyl groups is 1. The van der Waals surface area contributed by atoms with E-state index < -0.39 is 5.60 Å². The summed E-state index contributed by atoms with van der Waals surface area (Å²) in [5, 5.41) is 13.6. The van der Waals surface area contributed by atoms with E-state index in [1.165, 1.54) is 0 Å². The highest BCUT2D eigenvalue weighted by atomic mass is 16.5. The normalized spacial score (nSPS) is 20.5. The first-order chi connectivity index (χ1) is 11.9. The van der Waals surface area contributed by atoms with Gasteiger partial charge in [-0.3, -0.25) is 9.69 Å². The molecule has 3 atom stereocenters. The van der Waals surface area contributed by atoms with Gasteiger partial charge in [-0.1, -0.05) is 50.6 Å². The highest BCUT2D eigenvalue weighted by molar-refractivity contribution is 5.84. The van der Waals surface area contributed by atoms with Crippen LogP contribution in [0.15, 0.2) is 30.3 Å². The van der Waals surface area contributed by atoms with Crippen molar-refractivity contribution in [2.75, 3.05) is 39.4 Å². The fourth-order valence-electron chi connectivity index (χ4n) is 3.32. The smallest absolute Gasteiger partial charge is 0.227 e. The monoisotopic (exact) mass is 348 g/mol. The second-order valence-corrected chi connectivity index (χ2v) is 7.38. The van der Waals surface area contributed by atoms with Crippen molar-refractivity contribution >= 4 is 5.91 Å². The Morgan fingerprint density at radius 2 is 1.96 bits per heavy atom. The molecule has 1 aliphatic rings. The van der Waals surface area contributed by atoms with Crippen LogP contribution in [0.4, 0.5) is 0 Å². The molecule has 2 rings (SSSR count). The van der Waals surface area contributed by atoms with E-state index in [-0.39, 0.29) is 24.3 Å². The third-order valence-electron chi connectivity index (χ3n) is 4.97. The first kappa shape index (κ1) is 19.9. The van der Waals surface area contributed by atoms with Gasteiger partial charge in [-0.2, -0.15) is 0 Å².